The van der Waals surface area contributed by atoms with Crippen molar-refractivity contribution in [2.24, 2.45) is 4.99 Å². The number of hydrogen-bond donors (Lipinski definition) is 2. The fraction of sp³-hybridized carbons (Fsp3) is 0.941. The molecule has 2 atom stereocenters. The van der Waals surface area contributed by atoms with Gasteiger partial charge >= 0.3 is 0 Å². The molecule has 0 aromatic rings. The Labute approximate surface area is 146 Å². The lowest BCUT2D eigenvalue weighted by molar-refractivity contribution is 0.0190. The van der Waals surface area contributed by atoms with Gasteiger partial charge in [-0.1, -0.05) is 0 Å². The highest BCUT2D eigenvalue weighted by molar-refractivity contribution is 5.79. The average molecular weight is 342 g/mol. The number of aliphatic imine (C=N–C) groups is 1. The summed E-state index contributed by atoms with van der Waals surface area (Å²) in [5.41, 5.74) is 0. The van der Waals surface area contributed by atoms with E-state index in [-0.39, 0.29) is 0 Å². The molecule has 0 saturated carbocycles. The van der Waals surface area contributed by atoms with Gasteiger partial charge in [-0.2, -0.15) is 0 Å². The van der Waals surface area contributed by atoms with Crippen LogP contribution in [0.4, 0.5) is 0 Å². The summed E-state index contributed by atoms with van der Waals surface area (Å²) in [6.07, 6.45) is 2.57. The van der Waals surface area contributed by atoms with Gasteiger partial charge in [0.2, 0.25) is 0 Å². The van der Waals surface area contributed by atoms with Crippen molar-refractivity contribution in [1.29, 1.82) is 0 Å². The highest BCUT2D eigenvalue weighted by Crippen LogP contribution is 2.11. The van der Waals surface area contributed by atoms with Gasteiger partial charge in [-0.25, -0.2) is 0 Å². The molecule has 0 radical (unpaired) electrons. The van der Waals surface area contributed by atoms with E-state index < -0.39 is 0 Å². The molecule has 2 aliphatic rings. The zero-order valence-corrected chi connectivity index (χ0v) is 15.3. The Hall–Kier alpha value is -0.890. The van der Waals surface area contributed by atoms with Gasteiger partial charge in [-0.15, -0.1) is 0 Å². The standard InChI is InChI=1S/C17H34N4O3/c1-3-18-17(19-6-10-23-14-16-5-4-9-24-16)20-13-15(2)21-7-11-22-12-8-21/h15-16H,3-14H2,1-2H3,(H2,18,19,20). The molecule has 0 aliphatic carbocycles. The van der Waals surface area contributed by atoms with E-state index >= 15 is 0 Å². The largest absolute Gasteiger partial charge is 0.379 e. The van der Waals surface area contributed by atoms with Gasteiger partial charge in [0.1, 0.15) is 0 Å². The maximum Gasteiger partial charge on any atom is 0.191 e. The predicted molar refractivity (Wildman–Crippen MR) is 95.6 cm³/mol. The van der Waals surface area contributed by atoms with Crippen LogP contribution in [0.5, 0.6) is 0 Å². The van der Waals surface area contributed by atoms with Crippen molar-refractivity contribution in [3.05, 3.63) is 0 Å². The molecular weight excluding hydrogens is 308 g/mol. The molecule has 24 heavy (non-hydrogen) atoms. The summed E-state index contributed by atoms with van der Waals surface area (Å²) < 4.78 is 16.6. The maximum absolute atomic E-state index is 5.67. The molecule has 140 valence electrons. The number of nitrogens with one attached hydrogen (secondary N) is 2. The van der Waals surface area contributed by atoms with Crippen molar-refractivity contribution in [2.45, 2.75) is 38.8 Å². The first-order valence-electron chi connectivity index (χ1n) is 9.33. The molecule has 2 aliphatic heterocycles. The molecular formula is C17H34N4O3. The first-order chi connectivity index (χ1) is 11.8. The summed E-state index contributed by atoms with van der Waals surface area (Å²) in [5.74, 6) is 0.860. The molecule has 0 bridgehead atoms. The third-order valence-corrected chi connectivity index (χ3v) is 4.39. The van der Waals surface area contributed by atoms with Crippen LogP contribution in [-0.2, 0) is 14.2 Å². The van der Waals surface area contributed by atoms with Crippen LogP contribution in [0.25, 0.3) is 0 Å². The Bertz CT molecular complexity index is 356. The number of ether oxygens (including phenoxy) is 3. The molecule has 0 aromatic carbocycles. The summed E-state index contributed by atoms with van der Waals surface area (Å²) >= 11 is 0. The fourth-order valence-electron chi connectivity index (χ4n) is 2.93. The summed E-state index contributed by atoms with van der Waals surface area (Å²) in [7, 11) is 0. The van der Waals surface area contributed by atoms with E-state index in [0.29, 0.717) is 25.4 Å². The number of morpholine rings is 1. The summed E-state index contributed by atoms with van der Waals surface area (Å²) in [4.78, 5) is 7.13. The smallest absolute Gasteiger partial charge is 0.191 e. The molecule has 2 saturated heterocycles. The lowest BCUT2D eigenvalue weighted by Crippen LogP contribution is -2.44. The molecule has 2 unspecified atom stereocenters. The third-order valence-electron chi connectivity index (χ3n) is 4.39. The van der Waals surface area contributed by atoms with Gasteiger partial charge in [0.15, 0.2) is 5.96 Å². The van der Waals surface area contributed by atoms with E-state index in [2.05, 4.69) is 29.4 Å². The topological polar surface area (TPSA) is 67.4 Å². The van der Waals surface area contributed by atoms with Crippen molar-refractivity contribution in [3.63, 3.8) is 0 Å². The van der Waals surface area contributed by atoms with Crippen LogP contribution in [0.15, 0.2) is 4.99 Å². The van der Waals surface area contributed by atoms with Crippen LogP contribution >= 0.6 is 0 Å². The molecule has 7 nitrogen and oxygen atoms in total. The second kappa shape index (κ2) is 11.6. The van der Waals surface area contributed by atoms with Crippen LogP contribution in [0.2, 0.25) is 0 Å². The van der Waals surface area contributed by atoms with Gasteiger partial charge in [0, 0.05) is 38.8 Å². The van der Waals surface area contributed by atoms with Crippen LogP contribution in [0.1, 0.15) is 26.7 Å². The number of rotatable bonds is 9. The Kier molecular flexibility index (Phi) is 9.42. The highest BCUT2D eigenvalue weighted by Gasteiger charge is 2.17. The van der Waals surface area contributed by atoms with Crippen LogP contribution in [0.3, 0.4) is 0 Å². The predicted octanol–water partition coefficient (Wildman–Crippen LogP) is 0.458. The first-order valence-corrected chi connectivity index (χ1v) is 9.33. The lowest BCUT2D eigenvalue weighted by atomic mass is 10.2. The monoisotopic (exact) mass is 342 g/mol. The molecule has 0 spiro atoms. The van der Waals surface area contributed by atoms with Crippen molar-refractivity contribution < 1.29 is 14.2 Å². The number of nitrogens with zero attached hydrogens (tertiary/aromatic N) is 2. The van der Waals surface area contributed by atoms with Crippen molar-refractivity contribution in [2.75, 3.05) is 65.8 Å². The third kappa shape index (κ3) is 7.34. The fourth-order valence-corrected chi connectivity index (χ4v) is 2.93. The van der Waals surface area contributed by atoms with E-state index in [4.69, 9.17) is 19.2 Å². The second-order valence-corrected chi connectivity index (χ2v) is 6.35. The Balaban J connectivity index is 1.61. The number of hydrogen-bond acceptors (Lipinski definition) is 5. The first kappa shape index (κ1) is 19.4. The summed E-state index contributed by atoms with van der Waals surface area (Å²) in [5, 5.41) is 6.62. The Morgan fingerprint density at radius 1 is 1.29 bits per heavy atom. The molecule has 2 N–H and O–H groups in total. The van der Waals surface area contributed by atoms with Gasteiger partial charge in [-0.3, -0.25) is 9.89 Å². The van der Waals surface area contributed by atoms with E-state index in [1.807, 2.05) is 0 Å². The van der Waals surface area contributed by atoms with Crippen LogP contribution in [0, 0.1) is 0 Å². The minimum Gasteiger partial charge on any atom is -0.379 e. The molecule has 7 heteroatoms. The SMILES string of the molecule is CCNC(=NCC(C)N1CCOCC1)NCCOCC1CCCO1. The number of guanidine groups is 1. The Morgan fingerprint density at radius 2 is 2.12 bits per heavy atom. The van der Waals surface area contributed by atoms with E-state index in [1.165, 1.54) is 0 Å². The zero-order chi connectivity index (χ0) is 17.0. The molecule has 2 rings (SSSR count). The van der Waals surface area contributed by atoms with E-state index in [9.17, 15) is 0 Å². The van der Waals surface area contributed by atoms with E-state index in [1.54, 1.807) is 0 Å². The molecule has 2 fully saturated rings. The normalized spacial score (nSPS) is 24.1. The quantitative estimate of drug-likeness (QED) is 0.360. The van der Waals surface area contributed by atoms with Crippen molar-refractivity contribution in [3.8, 4) is 0 Å². The van der Waals surface area contributed by atoms with Gasteiger partial charge in [0.05, 0.1) is 39.1 Å². The Morgan fingerprint density at radius 3 is 2.83 bits per heavy atom. The van der Waals surface area contributed by atoms with Gasteiger partial charge in [-0.05, 0) is 26.7 Å². The molecule has 0 aromatic heterocycles. The minimum absolute atomic E-state index is 0.293. The average Bonchev–Trinajstić information content (AvgIpc) is 3.13. The molecule has 2 heterocycles. The lowest BCUT2D eigenvalue weighted by Gasteiger charge is -2.31. The second-order valence-electron chi connectivity index (χ2n) is 6.35. The van der Waals surface area contributed by atoms with Crippen LogP contribution in [-0.4, -0.2) is 88.8 Å². The maximum atomic E-state index is 5.67. The van der Waals surface area contributed by atoms with Crippen molar-refractivity contribution >= 4 is 5.96 Å². The summed E-state index contributed by atoms with van der Waals surface area (Å²) in [6.45, 7) is 12.6. The minimum atomic E-state index is 0.293. The van der Waals surface area contributed by atoms with Crippen molar-refractivity contribution in [1.82, 2.24) is 15.5 Å². The van der Waals surface area contributed by atoms with E-state index in [0.717, 1.165) is 71.3 Å². The van der Waals surface area contributed by atoms with Crippen LogP contribution < -0.4 is 10.6 Å². The summed E-state index contributed by atoms with van der Waals surface area (Å²) in [6, 6.07) is 0.431. The molecule has 0 amide bonds. The zero-order valence-electron chi connectivity index (χ0n) is 15.3. The highest BCUT2D eigenvalue weighted by atomic mass is 16.5. The van der Waals surface area contributed by atoms with Gasteiger partial charge in [0.25, 0.3) is 0 Å². The van der Waals surface area contributed by atoms with Gasteiger partial charge < -0.3 is 24.8 Å².